The Hall–Kier alpha value is -7.79. The average molecular weight is 794 g/mol. The van der Waals surface area contributed by atoms with E-state index in [1.165, 1.54) is 58.1 Å². The van der Waals surface area contributed by atoms with Gasteiger partial charge in [-0.25, -0.2) is 15.0 Å². The molecule has 0 radical (unpaired) electrons. The minimum atomic E-state index is 0.622. The van der Waals surface area contributed by atoms with E-state index in [0.29, 0.717) is 17.5 Å². The van der Waals surface area contributed by atoms with Crippen LogP contribution in [0, 0.1) is 0 Å². The molecule has 10 aromatic carbocycles. The maximum atomic E-state index is 5.34. The van der Waals surface area contributed by atoms with Crippen LogP contribution in [0.4, 0.5) is 0 Å². The Morgan fingerprint density at radius 2 is 0.836 bits per heavy atom. The van der Waals surface area contributed by atoms with Gasteiger partial charge in [-0.1, -0.05) is 194 Å². The lowest BCUT2D eigenvalue weighted by molar-refractivity contribution is 1.07. The second-order valence-electron chi connectivity index (χ2n) is 15.5. The standard InChI is InChI=1S/C57H35N3S/c1-2-15-36(16-3-1)41-19-8-10-23-47(41)56-58-55(59-57(60-56)48-24-11-9-22-44(48)45-26-14-28-52-54(45)49-25-12-13-27-51(49)61-52)39-31-29-38(30-32-39)53-43-21-7-5-18-40(43)35-50-42-20-6-4-17-37(42)33-34-46(50)53/h1-35H. The largest absolute Gasteiger partial charge is 0.208 e. The fraction of sp³-hybridized carbons (Fsp3) is 0. The summed E-state index contributed by atoms with van der Waals surface area (Å²) in [4.78, 5) is 16.0. The molecule has 0 saturated carbocycles. The van der Waals surface area contributed by atoms with Crippen LogP contribution in [0.1, 0.15) is 0 Å². The second kappa shape index (κ2) is 14.5. The number of fused-ring (bicyclic) bond motifs is 7. The number of nitrogens with zero attached hydrogens (tertiary/aromatic N) is 3. The van der Waals surface area contributed by atoms with Gasteiger partial charge in [0.2, 0.25) is 0 Å². The minimum absolute atomic E-state index is 0.622. The molecule has 12 aromatic rings. The van der Waals surface area contributed by atoms with Crippen molar-refractivity contribution in [1.29, 1.82) is 0 Å². The first kappa shape index (κ1) is 35.2. The van der Waals surface area contributed by atoms with Crippen LogP contribution in [0.15, 0.2) is 212 Å². The topological polar surface area (TPSA) is 38.7 Å². The van der Waals surface area contributed by atoms with Crippen molar-refractivity contribution in [2.75, 3.05) is 0 Å². The van der Waals surface area contributed by atoms with Gasteiger partial charge in [-0.05, 0) is 83.9 Å². The molecule has 284 valence electrons. The summed E-state index contributed by atoms with van der Waals surface area (Å²) < 4.78 is 2.53. The van der Waals surface area contributed by atoms with Gasteiger partial charge in [0.05, 0.1) is 0 Å². The normalized spacial score (nSPS) is 11.6. The van der Waals surface area contributed by atoms with Crippen molar-refractivity contribution in [3.05, 3.63) is 212 Å². The van der Waals surface area contributed by atoms with Crippen LogP contribution < -0.4 is 0 Å². The fourth-order valence-electron chi connectivity index (χ4n) is 9.12. The van der Waals surface area contributed by atoms with Gasteiger partial charge >= 0.3 is 0 Å². The molecule has 2 heterocycles. The van der Waals surface area contributed by atoms with Crippen molar-refractivity contribution in [2.45, 2.75) is 0 Å². The Bertz CT molecular complexity index is 3650. The van der Waals surface area contributed by atoms with E-state index >= 15 is 0 Å². The van der Waals surface area contributed by atoms with E-state index in [9.17, 15) is 0 Å². The molecule has 61 heavy (non-hydrogen) atoms. The molecule has 3 nitrogen and oxygen atoms in total. The van der Waals surface area contributed by atoms with E-state index in [0.717, 1.165) is 44.5 Å². The van der Waals surface area contributed by atoms with Gasteiger partial charge in [-0.3, -0.25) is 0 Å². The SMILES string of the molecule is c1ccc(-c2ccccc2-c2nc(-c3ccc(-c4c5ccccc5cc5c4ccc4ccccc45)cc3)nc(-c3ccccc3-c3cccc4sc5ccccc5c34)n2)cc1. The summed E-state index contributed by atoms with van der Waals surface area (Å²) in [6, 6.07) is 75.7. The lowest BCUT2D eigenvalue weighted by atomic mass is 9.89. The third-order valence-corrected chi connectivity index (χ3v) is 13.1. The number of thiophene rings is 1. The van der Waals surface area contributed by atoms with Gasteiger partial charge in [-0.2, -0.15) is 0 Å². The highest BCUT2D eigenvalue weighted by Gasteiger charge is 2.20. The molecular weight excluding hydrogens is 759 g/mol. The lowest BCUT2D eigenvalue weighted by Crippen LogP contribution is -2.02. The molecule has 0 spiro atoms. The number of rotatable bonds is 6. The van der Waals surface area contributed by atoms with Crippen LogP contribution >= 0.6 is 11.3 Å². The van der Waals surface area contributed by atoms with E-state index in [1.807, 2.05) is 17.4 Å². The highest BCUT2D eigenvalue weighted by Crippen LogP contribution is 2.44. The number of aromatic nitrogens is 3. The Kier molecular flexibility index (Phi) is 8.36. The Balaban J connectivity index is 1.06. The average Bonchev–Trinajstić information content (AvgIpc) is 3.73. The van der Waals surface area contributed by atoms with Crippen molar-refractivity contribution < 1.29 is 0 Å². The van der Waals surface area contributed by atoms with E-state index in [-0.39, 0.29) is 0 Å². The first-order chi connectivity index (χ1) is 30.2. The van der Waals surface area contributed by atoms with E-state index in [2.05, 4.69) is 206 Å². The van der Waals surface area contributed by atoms with Crippen molar-refractivity contribution in [2.24, 2.45) is 0 Å². The molecule has 0 fully saturated rings. The Labute approximate surface area is 356 Å². The van der Waals surface area contributed by atoms with Crippen LogP contribution in [0.5, 0.6) is 0 Å². The molecular formula is C57H35N3S. The van der Waals surface area contributed by atoms with Crippen molar-refractivity contribution >= 4 is 63.8 Å². The summed E-state index contributed by atoms with van der Waals surface area (Å²) in [6.07, 6.45) is 0. The predicted molar refractivity (Wildman–Crippen MR) is 258 cm³/mol. The first-order valence-corrected chi connectivity index (χ1v) is 21.4. The molecule has 4 heteroatoms. The maximum Gasteiger partial charge on any atom is 0.164 e. The van der Waals surface area contributed by atoms with Crippen molar-refractivity contribution in [3.63, 3.8) is 0 Å². The van der Waals surface area contributed by atoms with Gasteiger partial charge in [0.15, 0.2) is 17.5 Å². The molecule has 12 rings (SSSR count). The molecule has 0 unspecified atom stereocenters. The van der Waals surface area contributed by atoms with Gasteiger partial charge in [0.25, 0.3) is 0 Å². The number of hydrogen-bond donors (Lipinski definition) is 0. The molecule has 0 atom stereocenters. The highest BCUT2D eigenvalue weighted by molar-refractivity contribution is 7.25. The molecule has 0 bridgehead atoms. The number of hydrogen-bond acceptors (Lipinski definition) is 4. The number of benzene rings is 10. The molecule has 2 aromatic heterocycles. The summed E-state index contributed by atoms with van der Waals surface area (Å²) in [5.41, 5.74) is 9.63. The molecule has 0 saturated heterocycles. The van der Waals surface area contributed by atoms with Crippen LogP contribution in [0.25, 0.3) is 120 Å². The van der Waals surface area contributed by atoms with Crippen molar-refractivity contribution in [3.8, 4) is 67.5 Å². The summed E-state index contributed by atoms with van der Waals surface area (Å²) in [7, 11) is 0. The molecule has 0 amide bonds. The zero-order valence-electron chi connectivity index (χ0n) is 33.0. The highest BCUT2D eigenvalue weighted by atomic mass is 32.1. The summed E-state index contributed by atoms with van der Waals surface area (Å²) >= 11 is 1.83. The molecule has 0 N–H and O–H groups in total. The Morgan fingerprint density at radius 1 is 0.279 bits per heavy atom. The lowest BCUT2D eigenvalue weighted by Gasteiger charge is -2.15. The van der Waals surface area contributed by atoms with E-state index < -0.39 is 0 Å². The van der Waals surface area contributed by atoms with Gasteiger partial charge in [-0.15, -0.1) is 11.3 Å². The summed E-state index contributed by atoms with van der Waals surface area (Å²) in [5.74, 6) is 1.88. The zero-order valence-corrected chi connectivity index (χ0v) is 33.8. The smallest absolute Gasteiger partial charge is 0.164 e. The second-order valence-corrected chi connectivity index (χ2v) is 16.6. The maximum absolute atomic E-state index is 5.34. The quantitative estimate of drug-likeness (QED) is 0.124. The minimum Gasteiger partial charge on any atom is -0.208 e. The monoisotopic (exact) mass is 793 g/mol. The van der Waals surface area contributed by atoms with Crippen LogP contribution in [0.2, 0.25) is 0 Å². The molecule has 0 aliphatic carbocycles. The predicted octanol–water partition coefficient (Wildman–Crippen LogP) is 15.7. The van der Waals surface area contributed by atoms with Crippen LogP contribution in [-0.2, 0) is 0 Å². The molecule has 0 aliphatic heterocycles. The van der Waals surface area contributed by atoms with Crippen molar-refractivity contribution in [1.82, 2.24) is 15.0 Å². The molecule has 0 aliphatic rings. The van der Waals surface area contributed by atoms with Gasteiger partial charge < -0.3 is 0 Å². The fourth-order valence-corrected chi connectivity index (χ4v) is 10.3. The van der Waals surface area contributed by atoms with Gasteiger partial charge in [0.1, 0.15) is 0 Å². The van der Waals surface area contributed by atoms with Crippen LogP contribution in [0.3, 0.4) is 0 Å². The summed E-state index contributed by atoms with van der Waals surface area (Å²) in [6.45, 7) is 0. The van der Waals surface area contributed by atoms with Crippen LogP contribution in [-0.4, -0.2) is 15.0 Å². The zero-order chi connectivity index (χ0) is 40.3. The van der Waals surface area contributed by atoms with E-state index in [4.69, 9.17) is 15.0 Å². The Morgan fingerprint density at radius 3 is 1.62 bits per heavy atom. The summed E-state index contributed by atoms with van der Waals surface area (Å²) in [5, 5.41) is 9.95. The third-order valence-electron chi connectivity index (χ3n) is 12.0. The first-order valence-electron chi connectivity index (χ1n) is 20.6. The van der Waals surface area contributed by atoms with Gasteiger partial charge in [0, 0.05) is 36.9 Å². The third kappa shape index (κ3) is 5.99. The van der Waals surface area contributed by atoms with E-state index in [1.54, 1.807) is 0 Å².